The summed E-state index contributed by atoms with van der Waals surface area (Å²) in [4.78, 5) is 0. The summed E-state index contributed by atoms with van der Waals surface area (Å²) in [5, 5.41) is 0. The van der Waals surface area contributed by atoms with Crippen molar-refractivity contribution in [1.29, 1.82) is 0 Å². The van der Waals surface area contributed by atoms with Crippen LogP contribution >= 0.6 is 0 Å². The van der Waals surface area contributed by atoms with Gasteiger partial charge in [-0.2, -0.15) is 0 Å². The van der Waals surface area contributed by atoms with E-state index in [1.165, 1.54) is 11.1 Å². The highest BCUT2D eigenvalue weighted by Gasteiger charge is 2.06. The maximum atomic E-state index is 6.00. The van der Waals surface area contributed by atoms with Crippen LogP contribution in [-0.4, -0.2) is 0 Å². The molecule has 0 atom stereocenters. The topological polar surface area (TPSA) is 52.0 Å². The molecule has 2 aromatic rings. The highest BCUT2D eigenvalue weighted by atomic mass is 14.6. The summed E-state index contributed by atoms with van der Waals surface area (Å²) in [7, 11) is 0. The number of hydrogen-bond donors (Lipinski definition) is 2. The third-order valence-corrected chi connectivity index (χ3v) is 2.76. The molecule has 2 nitrogen and oxygen atoms in total. The molecule has 0 fully saturated rings. The van der Waals surface area contributed by atoms with Crippen LogP contribution < -0.4 is 11.5 Å². The number of hydrogen-bond acceptors (Lipinski definition) is 2. The minimum atomic E-state index is 0.704. The number of nitrogen functional groups attached to an aromatic ring is 2. The van der Waals surface area contributed by atoms with E-state index in [-0.39, 0.29) is 0 Å². The van der Waals surface area contributed by atoms with Crippen LogP contribution in [0.1, 0.15) is 12.5 Å². The van der Waals surface area contributed by atoms with E-state index in [1.807, 2.05) is 24.3 Å². The fourth-order valence-corrected chi connectivity index (χ4v) is 1.92. The number of aryl methyl sites for hydroxylation is 1. The summed E-state index contributed by atoms with van der Waals surface area (Å²) in [5.41, 5.74) is 16.7. The van der Waals surface area contributed by atoms with Crippen molar-refractivity contribution in [3.05, 3.63) is 48.0 Å². The monoisotopic (exact) mass is 212 g/mol. The minimum Gasteiger partial charge on any atom is -0.399 e. The van der Waals surface area contributed by atoms with E-state index in [0.29, 0.717) is 5.69 Å². The quantitative estimate of drug-likeness (QED) is 0.751. The van der Waals surface area contributed by atoms with Crippen LogP contribution in [0.15, 0.2) is 42.5 Å². The summed E-state index contributed by atoms with van der Waals surface area (Å²) >= 11 is 0. The van der Waals surface area contributed by atoms with Crippen molar-refractivity contribution in [2.45, 2.75) is 13.3 Å². The Bertz CT molecular complexity index is 504. The maximum absolute atomic E-state index is 6.00. The van der Waals surface area contributed by atoms with Crippen molar-refractivity contribution in [2.24, 2.45) is 0 Å². The second kappa shape index (κ2) is 4.27. The molecule has 0 aromatic heterocycles. The van der Waals surface area contributed by atoms with Crippen molar-refractivity contribution < 1.29 is 0 Å². The van der Waals surface area contributed by atoms with E-state index in [2.05, 4.69) is 25.1 Å². The lowest BCUT2D eigenvalue weighted by molar-refractivity contribution is 1.14. The fourth-order valence-electron chi connectivity index (χ4n) is 1.92. The van der Waals surface area contributed by atoms with Crippen molar-refractivity contribution in [2.75, 3.05) is 11.5 Å². The molecule has 2 rings (SSSR count). The van der Waals surface area contributed by atoms with Gasteiger partial charge in [-0.25, -0.2) is 0 Å². The Labute approximate surface area is 95.9 Å². The first-order valence-electron chi connectivity index (χ1n) is 5.45. The zero-order chi connectivity index (χ0) is 11.5. The van der Waals surface area contributed by atoms with Gasteiger partial charge >= 0.3 is 0 Å². The molecule has 0 unspecified atom stereocenters. The van der Waals surface area contributed by atoms with E-state index >= 15 is 0 Å². The molecule has 2 heteroatoms. The van der Waals surface area contributed by atoms with Crippen LogP contribution in [0.4, 0.5) is 11.4 Å². The summed E-state index contributed by atoms with van der Waals surface area (Å²) in [6, 6.07) is 14.0. The van der Waals surface area contributed by atoms with Gasteiger partial charge in [0.25, 0.3) is 0 Å². The lowest BCUT2D eigenvalue weighted by Crippen LogP contribution is -1.95. The number of benzene rings is 2. The average molecular weight is 212 g/mol. The lowest BCUT2D eigenvalue weighted by Gasteiger charge is -2.10. The van der Waals surface area contributed by atoms with Gasteiger partial charge in [0.1, 0.15) is 0 Å². The van der Waals surface area contributed by atoms with E-state index in [0.717, 1.165) is 17.7 Å². The summed E-state index contributed by atoms with van der Waals surface area (Å²) in [6.45, 7) is 2.15. The van der Waals surface area contributed by atoms with Crippen LogP contribution in [-0.2, 0) is 6.42 Å². The standard InChI is InChI=1S/C14H16N2/c1-2-10-5-3-4-6-12(10)13-8-7-11(15)9-14(13)16/h3-9H,2,15-16H2,1H3. The Morgan fingerprint density at radius 3 is 2.38 bits per heavy atom. The molecule has 4 N–H and O–H groups in total. The average Bonchev–Trinajstić information content (AvgIpc) is 2.29. The van der Waals surface area contributed by atoms with Gasteiger partial charge in [-0.15, -0.1) is 0 Å². The van der Waals surface area contributed by atoms with Gasteiger partial charge in [-0.1, -0.05) is 37.3 Å². The van der Waals surface area contributed by atoms with Crippen LogP contribution in [0.5, 0.6) is 0 Å². The number of anilines is 2. The third-order valence-electron chi connectivity index (χ3n) is 2.76. The molecule has 2 aromatic carbocycles. The Morgan fingerprint density at radius 1 is 0.938 bits per heavy atom. The summed E-state index contributed by atoms with van der Waals surface area (Å²) < 4.78 is 0. The Kier molecular flexibility index (Phi) is 2.82. The van der Waals surface area contributed by atoms with Crippen molar-refractivity contribution in [3.8, 4) is 11.1 Å². The molecule has 0 spiro atoms. The first-order chi connectivity index (χ1) is 7.72. The fraction of sp³-hybridized carbons (Fsp3) is 0.143. The number of nitrogens with two attached hydrogens (primary N) is 2. The van der Waals surface area contributed by atoms with Gasteiger partial charge in [-0.3, -0.25) is 0 Å². The molecule has 0 radical (unpaired) electrons. The maximum Gasteiger partial charge on any atom is 0.0414 e. The molecule has 0 bridgehead atoms. The van der Waals surface area contributed by atoms with Crippen LogP contribution in [0.25, 0.3) is 11.1 Å². The highest BCUT2D eigenvalue weighted by molar-refractivity contribution is 5.80. The third kappa shape index (κ3) is 1.87. The van der Waals surface area contributed by atoms with Crippen LogP contribution in [0.3, 0.4) is 0 Å². The van der Waals surface area contributed by atoms with E-state index < -0.39 is 0 Å². The van der Waals surface area contributed by atoms with Crippen LogP contribution in [0.2, 0.25) is 0 Å². The second-order valence-electron chi connectivity index (χ2n) is 3.86. The SMILES string of the molecule is CCc1ccccc1-c1ccc(N)cc1N. The number of rotatable bonds is 2. The predicted octanol–water partition coefficient (Wildman–Crippen LogP) is 3.08. The smallest absolute Gasteiger partial charge is 0.0414 e. The molecule has 82 valence electrons. The lowest BCUT2D eigenvalue weighted by atomic mass is 9.97. The van der Waals surface area contributed by atoms with Crippen molar-refractivity contribution >= 4 is 11.4 Å². The van der Waals surface area contributed by atoms with E-state index in [9.17, 15) is 0 Å². The minimum absolute atomic E-state index is 0.704. The Hall–Kier alpha value is -1.96. The molecular formula is C14H16N2. The van der Waals surface area contributed by atoms with Gasteiger partial charge in [-0.05, 0) is 29.7 Å². The molecule has 0 heterocycles. The summed E-state index contributed by atoms with van der Waals surface area (Å²) in [6.07, 6.45) is 1.000. The molecule has 0 saturated carbocycles. The highest BCUT2D eigenvalue weighted by Crippen LogP contribution is 2.30. The van der Waals surface area contributed by atoms with Crippen LogP contribution in [0, 0.1) is 0 Å². The van der Waals surface area contributed by atoms with Crippen molar-refractivity contribution in [1.82, 2.24) is 0 Å². The van der Waals surface area contributed by atoms with Gasteiger partial charge in [0.05, 0.1) is 0 Å². The predicted molar refractivity (Wildman–Crippen MR) is 70.1 cm³/mol. The zero-order valence-corrected chi connectivity index (χ0v) is 9.40. The second-order valence-corrected chi connectivity index (χ2v) is 3.86. The van der Waals surface area contributed by atoms with Gasteiger partial charge in [0, 0.05) is 16.9 Å². The Morgan fingerprint density at radius 2 is 1.69 bits per heavy atom. The molecule has 0 saturated heterocycles. The first-order valence-corrected chi connectivity index (χ1v) is 5.45. The molecule has 16 heavy (non-hydrogen) atoms. The molecule has 0 amide bonds. The molecule has 0 aliphatic heterocycles. The van der Waals surface area contributed by atoms with E-state index in [1.54, 1.807) is 0 Å². The first kappa shape index (κ1) is 10.6. The van der Waals surface area contributed by atoms with E-state index in [4.69, 9.17) is 11.5 Å². The summed E-state index contributed by atoms with van der Waals surface area (Å²) in [5.74, 6) is 0. The van der Waals surface area contributed by atoms with Gasteiger partial charge in [0.15, 0.2) is 0 Å². The van der Waals surface area contributed by atoms with Crippen molar-refractivity contribution in [3.63, 3.8) is 0 Å². The molecule has 0 aliphatic carbocycles. The molecule has 0 aliphatic rings. The van der Waals surface area contributed by atoms with Gasteiger partial charge in [0.2, 0.25) is 0 Å². The normalized spacial score (nSPS) is 10.3. The largest absolute Gasteiger partial charge is 0.399 e. The zero-order valence-electron chi connectivity index (χ0n) is 9.40. The van der Waals surface area contributed by atoms with Gasteiger partial charge < -0.3 is 11.5 Å². The Balaban J connectivity index is 2.58. The molecular weight excluding hydrogens is 196 g/mol.